The molecule has 3 rings (SSSR count). The Balaban J connectivity index is 2.45. The molecule has 0 radical (unpaired) electrons. The summed E-state index contributed by atoms with van der Waals surface area (Å²) in [5.41, 5.74) is 15.3. The van der Waals surface area contributed by atoms with E-state index in [1.165, 1.54) is 0 Å². The largest absolute Gasteiger partial charge is 0.387 e. The zero-order chi connectivity index (χ0) is 17.8. The Morgan fingerprint density at radius 3 is 2.54 bits per heavy atom. The zero-order valence-electron chi connectivity index (χ0n) is 13.5. The average molecular weight is 348 g/mol. The Hall–Kier alpha value is -2.38. The molecule has 0 fully saturated rings. The van der Waals surface area contributed by atoms with Gasteiger partial charge in [0.25, 0.3) is 5.91 Å². The molecule has 24 heavy (non-hydrogen) atoms. The van der Waals surface area contributed by atoms with Crippen molar-refractivity contribution in [2.45, 2.75) is 32.3 Å². The number of carbonyl (C=O) groups excluding carboxylic acids is 1. The van der Waals surface area contributed by atoms with Crippen LogP contribution in [0.3, 0.4) is 0 Å². The molecule has 126 valence electrons. The summed E-state index contributed by atoms with van der Waals surface area (Å²) in [4.78, 5) is 20.9. The van der Waals surface area contributed by atoms with E-state index in [1.54, 1.807) is 23.6 Å². The number of primary amides is 1. The van der Waals surface area contributed by atoms with Crippen LogP contribution in [0, 0.1) is 13.8 Å². The number of anilines is 1. The topological polar surface area (TPSA) is 120 Å². The van der Waals surface area contributed by atoms with Gasteiger partial charge in [0.15, 0.2) is 5.65 Å². The van der Waals surface area contributed by atoms with E-state index in [9.17, 15) is 9.90 Å². The second-order valence-electron chi connectivity index (χ2n) is 5.85. The van der Waals surface area contributed by atoms with Crippen molar-refractivity contribution in [2.75, 3.05) is 5.73 Å². The lowest BCUT2D eigenvalue weighted by molar-refractivity contribution is 0.100. The van der Waals surface area contributed by atoms with Crippen molar-refractivity contribution in [2.24, 2.45) is 5.73 Å². The Morgan fingerprint density at radius 2 is 1.92 bits per heavy atom. The molecule has 1 amide bonds. The van der Waals surface area contributed by atoms with E-state index in [2.05, 4.69) is 9.97 Å². The van der Waals surface area contributed by atoms with Crippen molar-refractivity contribution < 1.29 is 9.90 Å². The zero-order valence-corrected chi connectivity index (χ0v) is 14.3. The lowest BCUT2D eigenvalue weighted by Gasteiger charge is -2.25. The Morgan fingerprint density at radius 1 is 1.29 bits per heavy atom. The molecule has 0 saturated carbocycles. The van der Waals surface area contributed by atoms with Gasteiger partial charge in [-0.15, -0.1) is 11.6 Å². The average Bonchev–Trinajstić information content (AvgIpc) is 2.77. The quantitative estimate of drug-likeness (QED) is 0.711. The molecule has 0 saturated heterocycles. The molecule has 1 aliphatic rings. The van der Waals surface area contributed by atoms with Crippen LogP contribution in [0.4, 0.5) is 5.82 Å². The number of carbonyl (C=O) groups is 1. The third kappa shape index (κ3) is 2.28. The lowest BCUT2D eigenvalue weighted by atomic mass is 10.0. The second kappa shape index (κ2) is 5.61. The summed E-state index contributed by atoms with van der Waals surface area (Å²) >= 11 is 6.39. The van der Waals surface area contributed by atoms with Crippen molar-refractivity contribution in [1.82, 2.24) is 14.5 Å². The summed E-state index contributed by atoms with van der Waals surface area (Å²) < 4.78 is 1.56. The van der Waals surface area contributed by atoms with Gasteiger partial charge < -0.3 is 16.6 Å². The number of hydrogen-bond acceptors (Lipinski definition) is 5. The van der Waals surface area contributed by atoms with Crippen LogP contribution in [-0.4, -0.2) is 37.0 Å². The first kappa shape index (κ1) is 16.5. The van der Waals surface area contributed by atoms with Crippen LogP contribution in [0.2, 0.25) is 0 Å². The van der Waals surface area contributed by atoms with Crippen LogP contribution < -0.4 is 11.5 Å². The highest BCUT2D eigenvalue weighted by Gasteiger charge is 2.31. The van der Waals surface area contributed by atoms with Crippen LogP contribution in [-0.2, 0) is 0 Å². The predicted molar refractivity (Wildman–Crippen MR) is 93.6 cm³/mol. The minimum absolute atomic E-state index is 0.105. The Labute approximate surface area is 143 Å². The van der Waals surface area contributed by atoms with E-state index >= 15 is 0 Å². The molecule has 0 aliphatic heterocycles. The minimum atomic E-state index is -0.876. The van der Waals surface area contributed by atoms with Crippen molar-refractivity contribution >= 4 is 40.2 Å². The molecule has 0 aromatic carbocycles. The van der Waals surface area contributed by atoms with Gasteiger partial charge in [-0.3, -0.25) is 9.36 Å². The number of aromatic nitrogens is 3. The van der Waals surface area contributed by atoms with Gasteiger partial charge in [-0.2, -0.15) is 0 Å². The van der Waals surface area contributed by atoms with Crippen LogP contribution >= 0.6 is 11.6 Å². The van der Waals surface area contributed by atoms with Crippen molar-refractivity contribution in [3.63, 3.8) is 0 Å². The number of alkyl halides is 1. The number of rotatable bonds is 2. The summed E-state index contributed by atoms with van der Waals surface area (Å²) in [6.07, 6.45) is 2.48. The van der Waals surface area contributed by atoms with Gasteiger partial charge in [0.1, 0.15) is 22.3 Å². The van der Waals surface area contributed by atoms with E-state index in [-0.39, 0.29) is 11.4 Å². The number of aliphatic hydroxyl groups is 1. The van der Waals surface area contributed by atoms with Gasteiger partial charge in [0.2, 0.25) is 0 Å². The first-order valence-electron chi connectivity index (χ1n) is 7.40. The van der Waals surface area contributed by atoms with Crippen LogP contribution in [0.25, 0.3) is 16.9 Å². The molecule has 1 aliphatic carbocycles. The van der Waals surface area contributed by atoms with Gasteiger partial charge in [0, 0.05) is 5.70 Å². The summed E-state index contributed by atoms with van der Waals surface area (Å²) in [5, 5.41) is 9.33. The van der Waals surface area contributed by atoms with E-state index in [4.69, 9.17) is 23.1 Å². The summed E-state index contributed by atoms with van der Waals surface area (Å²) in [5.74, 6) is -0.574. The Bertz CT molecular complexity index is 928. The van der Waals surface area contributed by atoms with Gasteiger partial charge in [-0.05, 0) is 26.3 Å². The number of nitrogen functional groups attached to an aromatic ring is 1. The molecular formula is C16H18ClN5O2. The molecule has 7 nitrogen and oxygen atoms in total. The molecule has 2 aromatic heterocycles. The fourth-order valence-corrected chi connectivity index (χ4v) is 3.21. The predicted octanol–water partition coefficient (Wildman–Crippen LogP) is 1.50. The second-order valence-corrected chi connectivity index (χ2v) is 6.32. The number of nitrogens with two attached hydrogens (primary N) is 2. The summed E-state index contributed by atoms with van der Waals surface area (Å²) in [6, 6.07) is 0. The number of nitrogens with zero attached hydrogens (tertiary/aromatic N) is 3. The van der Waals surface area contributed by atoms with Crippen LogP contribution in [0.15, 0.2) is 17.7 Å². The molecular weight excluding hydrogens is 330 g/mol. The highest BCUT2D eigenvalue weighted by molar-refractivity contribution is 6.27. The monoisotopic (exact) mass is 347 g/mol. The van der Waals surface area contributed by atoms with E-state index < -0.39 is 17.4 Å². The third-order valence-electron chi connectivity index (χ3n) is 4.23. The normalized spacial score (nSPS) is 20.9. The van der Waals surface area contributed by atoms with Crippen molar-refractivity contribution in [1.29, 1.82) is 0 Å². The standard InChI is InChI=1S/C16H18ClN5O2/c1-6-4-5-9(23)11(17)13(6)22-14(18)10(15(19)24)12-16(22)21-8(3)7(2)20-12/h4-5,9,11,23H,18H2,1-3H3,(H2,19,24)/t9-,11-/m1/s1. The van der Waals surface area contributed by atoms with Gasteiger partial charge in [0.05, 0.1) is 17.5 Å². The van der Waals surface area contributed by atoms with Crippen molar-refractivity contribution in [3.05, 3.63) is 34.7 Å². The van der Waals surface area contributed by atoms with Gasteiger partial charge in [-0.1, -0.05) is 12.2 Å². The molecule has 0 unspecified atom stereocenters. The highest BCUT2D eigenvalue weighted by Crippen LogP contribution is 2.36. The SMILES string of the molecule is CC1=C(n2c(N)c(C(N)=O)c3nc(C)c(C)nc32)[C@H](Cl)[C@H](O)C=C1. The van der Waals surface area contributed by atoms with E-state index in [1.807, 2.05) is 13.8 Å². The number of aliphatic hydroxyl groups excluding tert-OH is 1. The molecule has 2 atom stereocenters. The number of hydrogen-bond donors (Lipinski definition) is 3. The number of halogens is 1. The maximum absolute atomic E-state index is 11.9. The number of allylic oxidation sites excluding steroid dienone is 2. The fourth-order valence-electron chi connectivity index (χ4n) is 2.85. The summed E-state index contributed by atoms with van der Waals surface area (Å²) in [7, 11) is 0. The molecule has 0 bridgehead atoms. The molecule has 2 aromatic rings. The smallest absolute Gasteiger partial charge is 0.254 e. The summed E-state index contributed by atoms with van der Waals surface area (Å²) in [6.45, 7) is 5.45. The minimum Gasteiger partial charge on any atom is -0.387 e. The molecule has 8 heteroatoms. The number of fused-ring (bicyclic) bond motifs is 1. The van der Waals surface area contributed by atoms with E-state index in [0.29, 0.717) is 28.2 Å². The lowest BCUT2D eigenvalue weighted by Crippen LogP contribution is -2.27. The molecule has 0 spiro atoms. The fraction of sp³-hybridized carbons (Fsp3) is 0.312. The first-order chi connectivity index (χ1) is 11.2. The number of aryl methyl sites for hydroxylation is 2. The molecule has 2 heterocycles. The third-order valence-corrected chi connectivity index (χ3v) is 4.69. The van der Waals surface area contributed by atoms with Gasteiger partial charge >= 0.3 is 0 Å². The van der Waals surface area contributed by atoms with Gasteiger partial charge in [-0.25, -0.2) is 9.97 Å². The maximum atomic E-state index is 11.9. The van der Waals surface area contributed by atoms with Crippen LogP contribution in [0.5, 0.6) is 0 Å². The van der Waals surface area contributed by atoms with E-state index in [0.717, 1.165) is 5.57 Å². The highest BCUT2D eigenvalue weighted by atomic mass is 35.5. The first-order valence-corrected chi connectivity index (χ1v) is 7.84. The Kier molecular flexibility index (Phi) is 3.85. The van der Waals surface area contributed by atoms with Crippen molar-refractivity contribution in [3.8, 4) is 0 Å². The maximum Gasteiger partial charge on any atom is 0.254 e. The van der Waals surface area contributed by atoms with Crippen LogP contribution in [0.1, 0.15) is 28.7 Å². The number of amides is 1. The molecule has 5 N–H and O–H groups in total.